The van der Waals surface area contributed by atoms with Crippen LogP contribution in [0.1, 0.15) is 26.3 Å². The molecule has 0 radical (unpaired) electrons. The molecule has 10 nitrogen and oxygen atoms in total. The van der Waals surface area contributed by atoms with Crippen molar-refractivity contribution in [2.24, 2.45) is 0 Å². The van der Waals surface area contributed by atoms with Crippen LogP contribution in [0.5, 0.6) is 23.0 Å². The number of anilines is 1. The van der Waals surface area contributed by atoms with Gasteiger partial charge in [-0.15, -0.1) is 20.4 Å². The lowest BCUT2D eigenvalue weighted by atomic mass is 9.87. The van der Waals surface area contributed by atoms with Gasteiger partial charge in [0, 0.05) is 16.8 Å². The van der Waals surface area contributed by atoms with Crippen molar-refractivity contribution >= 4 is 5.69 Å². The summed E-state index contributed by atoms with van der Waals surface area (Å²) in [4.78, 5) is 0. The van der Waals surface area contributed by atoms with Crippen LogP contribution in [0, 0.1) is 0 Å². The van der Waals surface area contributed by atoms with E-state index in [0.717, 1.165) is 5.56 Å². The van der Waals surface area contributed by atoms with Crippen LogP contribution in [0.2, 0.25) is 0 Å². The molecule has 2 heterocycles. The second-order valence-electron chi connectivity index (χ2n) is 10.7. The Morgan fingerprint density at radius 3 is 1.74 bits per heavy atom. The third-order valence-electron chi connectivity index (χ3n) is 6.62. The quantitative estimate of drug-likeness (QED) is 0.140. The summed E-state index contributed by atoms with van der Waals surface area (Å²) in [6.45, 7) is 6.41. The van der Waals surface area contributed by atoms with E-state index in [2.05, 4.69) is 41.2 Å². The highest BCUT2D eigenvalue weighted by Gasteiger charge is 2.21. The number of aromatic nitrogens is 4. The minimum atomic E-state index is -0.215. The molecule has 4 N–H and O–H groups in total. The van der Waals surface area contributed by atoms with E-state index >= 15 is 0 Å². The maximum atomic E-state index is 10.8. The van der Waals surface area contributed by atoms with Gasteiger partial charge in [0.05, 0.1) is 11.1 Å². The van der Waals surface area contributed by atoms with Crippen LogP contribution in [0.25, 0.3) is 45.8 Å². The van der Waals surface area contributed by atoms with Crippen molar-refractivity contribution in [1.29, 1.82) is 0 Å². The highest BCUT2D eigenvalue weighted by atomic mass is 16.5. The molecule has 0 saturated heterocycles. The summed E-state index contributed by atoms with van der Waals surface area (Å²) in [5.74, 6) is 1.32. The molecule has 0 aliphatic heterocycles. The summed E-state index contributed by atoms with van der Waals surface area (Å²) in [6, 6.07) is 24.6. The van der Waals surface area contributed by atoms with Crippen molar-refractivity contribution in [2.75, 3.05) is 5.73 Å². The fourth-order valence-corrected chi connectivity index (χ4v) is 4.29. The van der Waals surface area contributed by atoms with Crippen LogP contribution >= 0.6 is 0 Å². The van der Waals surface area contributed by atoms with Crippen LogP contribution in [0.3, 0.4) is 0 Å². The molecule has 4 aromatic carbocycles. The lowest BCUT2D eigenvalue weighted by molar-refractivity contribution is 0.457. The minimum absolute atomic E-state index is 0.0133. The van der Waals surface area contributed by atoms with E-state index in [-0.39, 0.29) is 51.6 Å². The van der Waals surface area contributed by atoms with Crippen LogP contribution in [-0.2, 0) is 5.41 Å². The molecule has 0 saturated carbocycles. The lowest BCUT2D eigenvalue weighted by Crippen LogP contribution is -2.10. The molecule has 10 heteroatoms. The highest BCUT2D eigenvalue weighted by molar-refractivity contribution is 5.75. The van der Waals surface area contributed by atoms with Gasteiger partial charge >= 0.3 is 0 Å². The first-order chi connectivity index (χ1) is 20.1. The number of rotatable bonds is 6. The molecule has 0 aliphatic rings. The number of aromatic hydroxyl groups is 2. The topological polar surface area (TPSA) is 154 Å². The van der Waals surface area contributed by atoms with E-state index in [1.807, 2.05) is 24.3 Å². The Hall–Kier alpha value is -5.64. The zero-order valence-corrected chi connectivity index (χ0v) is 23.1. The van der Waals surface area contributed by atoms with E-state index in [1.165, 1.54) is 17.7 Å². The molecule has 6 aromatic rings. The summed E-state index contributed by atoms with van der Waals surface area (Å²) in [7, 11) is 0. The third kappa shape index (κ3) is 5.37. The summed E-state index contributed by atoms with van der Waals surface area (Å²) in [5, 5.41) is 38.0. The van der Waals surface area contributed by atoms with Gasteiger partial charge in [0.2, 0.25) is 11.8 Å². The molecule has 0 bridgehead atoms. The van der Waals surface area contributed by atoms with Gasteiger partial charge < -0.3 is 29.5 Å². The Morgan fingerprint density at radius 2 is 1.17 bits per heavy atom. The lowest BCUT2D eigenvalue weighted by Gasteiger charge is -2.18. The predicted molar refractivity (Wildman–Crippen MR) is 157 cm³/mol. The minimum Gasteiger partial charge on any atom is -0.507 e. The van der Waals surface area contributed by atoms with Crippen molar-refractivity contribution in [3.8, 4) is 68.8 Å². The molecule has 0 amide bonds. The van der Waals surface area contributed by atoms with Crippen LogP contribution in [0.15, 0.2) is 93.8 Å². The predicted octanol–water partition coefficient (Wildman–Crippen LogP) is 7.20. The molecule has 210 valence electrons. The molecule has 0 aliphatic carbocycles. The highest BCUT2D eigenvalue weighted by Crippen LogP contribution is 2.40. The number of phenolic OH excluding ortho intramolecular Hbond substituents is 2. The molecule has 0 atom stereocenters. The second kappa shape index (κ2) is 10.4. The van der Waals surface area contributed by atoms with E-state index in [1.54, 1.807) is 48.5 Å². The van der Waals surface area contributed by atoms with Crippen molar-refractivity contribution in [3.63, 3.8) is 0 Å². The summed E-state index contributed by atoms with van der Waals surface area (Å²) in [5.41, 5.74) is 9.21. The molecular weight excluding hydrogens is 534 g/mol. The van der Waals surface area contributed by atoms with Gasteiger partial charge in [-0.3, -0.25) is 0 Å². The molecule has 6 rings (SSSR count). The first-order valence-corrected chi connectivity index (χ1v) is 13.1. The number of ether oxygens (including phenoxy) is 1. The Labute approximate surface area is 241 Å². The Bertz CT molecular complexity index is 1870. The summed E-state index contributed by atoms with van der Waals surface area (Å²) in [6.07, 6.45) is 0. The first kappa shape index (κ1) is 26.6. The molecule has 0 spiro atoms. The van der Waals surface area contributed by atoms with Crippen LogP contribution in [-0.4, -0.2) is 30.6 Å². The zero-order chi connectivity index (χ0) is 29.4. The number of hydrogen-bond donors (Lipinski definition) is 3. The number of hydrogen-bond acceptors (Lipinski definition) is 10. The van der Waals surface area contributed by atoms with Gasteiger partial charge in [-0.1, -0.05) is 39.0 Å². The molecule has 2 aromatic heterocycles. The van der Waals surface area contributed by atoms with Crippen molar-refractivity contribution in [2.45, 2.75) is 26.2 Å². The molecule has 42 heavy (non-hydrogen) atoms. The van der Waals surface area contributed by atoms with Gasteiger partial charge in [-0.2, -0.15) is 0 Å². The molecular formula is C32H27N5O5. The van der Waals surface area contributed by atoms with E-state index in [4.69, 9.17) is 19.3 Å². The summed E-state index contributed by atoms with van der Waals surface area (Å²) >= 11 is 0. The monoisotopic (exact) mass is 561 g/mol. The number of benzene rings is 4. The number of nitrogen functional groups attached to an aromatic ring is 1. The first-order valence-electron chi connectivity index (χ1n) is 13.1. The van der Waals surface area contributed by atoms with Crippen molar-refractivity contribution in [1.82, 2.24) is 20.4 Å². The second-order valence-corrected chi connectivity index (χ2v) is 10.7. The van der Waals surface area contributed by atoms with Crippen molar-refractivity contribution < 1.29 is 23.8 Å². The summed E-state index contributed by atoms with van der Waals surface area (Å²) < 4.78 is 17.5. The van der Waals surface area contributed by atoms with E-state index < -0.39 is 0 Å². The largest absolute Gasteiger partial charge is 0.507 e. The normalized spacial score (nSPS) is 11.5. The Balaban J connectivity index is 1.23. The maximum absolute atomic E-state index is 10.8. The van der Waals surface area contributed by atoms with E-state index in [0.29, 0.717) is 22.7 Å². The molecule has 0 fully saturated rings. The zero-order valence-electron chi connectivity index (χ0n) is 23.1. The number of nitrogens with zero attached hydrogens (tertiary/aromatic N) is 4. The van der Waals surface area contributed by atoms with Gasteiger partial charge in [0.25, 0.3) is 11.8 Å². The number of phenols is 2. The Morgan fingerprint density at radius 1 is 0.619 bits per heavy atom. The smallest absolute Gasteiger partial charge is 0.252 e. The van der Waals surface area contributed by atoms with Gasteiger partial charge in [0.1, 0.15) is 23.0 Å². The van der Waals surface area contributed by atoms with Crippen LogP contribution < -0.4 is 10.5 Å². The van der Waals surface area contributed by atoms with Gasteiger partial charge in [-0.25, -0.2) is 0 Å². The maximum Gasteiger partial charge on any atom is 0.252 e. The van der Waals surface area contributed by atoms with Gasteiger partial charge in [0.15, 0.2) is 0 Å². The third-order valence-corrected chi connectivity index (χ3v) is 6.62. The Kier molecular flexibility index (Phi) is 6.58. The van der Waals surface area contributed by atoms with Crippen LogP contribution in [0.4, 0.5) is 5.69 Å². The van der Waals surface area contributed by atoms with Gasteiger partial charge in [-0.05, 0) is 77.7 Å². The average molecular weight is 562 g/mol. The van der Waals surface area contributed by atoms with E-state index in [9.17, 15) is 10.2 Å². The van der Waals surface area contributed by atoms with Crippen molar-refractivity contribution in [3.05, 3.63) is 90.5 Å². The number of nitrogens with two attached hydrogens (primary N) is 1. The fourth-order valence-electron chi connectivity index (χ4n) is 4.29. The average Bonchev–Trinajstić information content (AvgIpc) is 3.66. The fraction of sp³-hybridized carbons (Fsp3) is 0.125. The standard InChI is InChI=1S/C32H27N5O5/c1-32(2,3)20-9-7-18(8-10-20)28-34-36-30(41-28)24-16-27(39)25(17-26(24)38)31-37-35-29(42-31)19-5-4-6-23(15-19)40-22-13-11-21(33)12-14-22/h4-17,38-39H,33H2,1-3H3. The SMILES string of the molecule is CC(C)(C)c1ccc(-c2nnc(-c3cc(O)c(-c4nnc(-c5cccc(Oc6ccc(N)cc6)c5)o4)cc3O)o2)cc1. The molecule has 0 unspecified atom stereocenters.